The molecule has 138 valence electrons. The van der Waals surface area contributed by atoms with Crippen molar-refractivity contribution in [3.05, 3.63) is 52.2 Å². The molecule has 4 nitrogen and oxygen atoms in total. The van der Waals surface area contributed by atoms with E-state index < -0.39 is 5.82 Å². The van der Waals surface area contributed by atoms with Crippen LogP contribution < -0.4 is 10.6 Å². The molecule has 7 heteroatoms. The summed E-state index contributed by atoms with van der Waals surface area (Å²) >= 11 is 7.04. The fraction of sp³-hybridized carbons (Fsp3) is 0.368. The Morgan fingerprint density at radius 3 is 3.04 bits per heavy atom. The lowest BCUT2D eigenvalue weighted by atomic mass is 9.97. The smallest absolute Gasteiger partial charge is 0.207 e. The molecule has 1 aromatic heterocycles. The maximum absolute atomic E-state index is 13.2. The van der Waals surface area contributed by atoms with Gasteiger partial charge in [0, 0.05) is 35.5 Å². The second-order valence-electron chi connectivity index (χ2n) is 6.32. The zero-order valence-electron chi connectivity index (χ0n) is 14.7. The highest BCUT2D eigenvalue weighted by atomic mass is 35.5. The largest absolute Gasteiger partial charge is 0.388 e. The quantitative estimate of drug-likeness (QED) is 0.574. The molecule has 0 aliphatic heterocycles. The van der Waals surface area contributed by atoms with Crippen LogP contribution in [0.15, 0.2) is 35.5 Å². The number of hydrogen-bond acceptors (Lipinski definition) is 5. The summed E-state index contributed by atoms with van der Waals surface area (Å²) in [4.78, 5) is 4.43. The van der Waals surface area contributed by atoms with Crippen molar-refractivity contribution in [2.45, 2.75) is 39.0 Å². The molecule has 0 unspecified atom stereocenters. The van der Waals surface area contributed by atoms with E-state index >= 15 is 0 Å². The number of halogens is 2. The number of allylic oxidation sites excluding steroid dienone is 2. The van der Waals surface area contributed by atoms with Crippen LogP contribution in [-0.2, 0) is 0 Å². The minimum absolute atomic E-state index is 0.0766. The maximum atomic E-state index is 13.2. The number of anilines is 2. The fourth-order valence-corrected chi connectivity index (χ4v) is 3.59. The number of benzene rings is 1. The van der Waals surface area contributed by atoms with Crippen molar-refractivity contribution in [2.24, 2.45) is 0 Å². The number of rotatable bonds is 7. The molecule has 2 aromatic rings. The SMILES string of the molecule is CC(=Cc1nsc(Nc2ccc(F)c(Cl)c2)n1)NCCC1=CCCCC1. The first kappa shape index (κ1) is 18.9. The monoisotopic (exact) mass is 392 g/mol. The number of hydrogen-bond donors (Lipinski definition) is 2. The van der Waals surface area contributed by atoms with Gasteiger partial charge in [-0.05, 0) is 57.2 Å². The van der Waals surface area contributed by atoms with Gasteiger partial charge in [0.15, 0.2) is 5.82 Å². The third-order valence-corrected chi connectivity index (χ3v) is 5.13. The second-order valence-corrected chi connectivity index (χ2v) is 7.48. The molecular formula is C19H22ClFN4S. The molecule has 0 radical (unpaired) electrons. The maximum Gasteiger partial charge on any atom is 0.207 e. The molecule has 1 aliphatic carbocycles. The van der Waals surface area contributed by atoms with E-state index in [1.54, 1.807) is 11.6 Å². The van der Waals surface area contributed by atoms with E-state index in [9.17, 15) is 4.39 Å². The second kappa shape index (κ2) is 9.14. The van der Waals surface area contributed by atoms with Gasteiger partial charge < -0.3 is 10.6 Å². The van der Waals surface area contributed by atoms with E-state index in [-0.39, 0.29) is 5.02 Å². The van der Waals surface area contributed by atoms with Crippen molar-refractivity contribution in [3.8, 4) is 0 Å². The van der Waals surface area contributed by atoms with Crippen LogP contribution in [0.5, 0.6) is 0 Å². The van der Waals surface area contributed by atoms with Gasteiger partial charge in [0.2, 0.25) is 5.13 Å². The highest BCUT2D eigenvalue weighted by molar-refractivity contribution is 7.09. The van der Waals surface area contributed by atoms with Gasteiger partial charge in [0.1, 0.15) is 5.82 Å². The van der Waals surface area contributed by atoms with Gasteiger partial charge in [0.05, 0.1) is 5.02 Å². The molecule has 0 fully saturated rings. The first-order chi connectivity index (χ1) is 12.6. The van der Waals surface area contributed by atoms with E-state index in [1.165, 1.54) is 49.3 Å². The third-order valence-electron chi connectivity index (χ3n) is 4.19. The summed E-state index contributed by atoms with van der Waals surface area (Å²) in [7, 11) is 0. The molecule has 0 spiro atoms. The average molecular weight is 393 g/mol. The van der Waals surface area contributed by atoms with E-state index in [4.69, 9.17) is 11.6 Å². The molecule has 0 bridgehead atoms. The van der Waals surface area contributed by atoms with Crippen molar-refractivity contribution in [3.63, 3.8) is 0 Å². The Kier molecular flexibility index (Phi) is 6.63. The third kappa shape index (κ3) is 5.54. The van der Waals surface area contributed by atoms with Gasteiger partial charge in [-0.2, -0.15) is 9.36 Å². The van der Waals surface area contributed by atoms with Crippen LogP contribution in [-0.4, -0.2) is 15.9 Å². The van der Waals surface area contributed by atoms with Gasteiger partial charge in [-0.3, -0.25) is 0 Å². The zero-order valence-corrected chi connectivity index (χ0v) is 16.3. The van der Waals surface area contributed by atoms with Gasteiger partial charge >= 0.3 is 0 Å². The van der Waals surface area contributed by atoms with Crippen molar-refractivity contribution < 1.29 is 4.39 Å². The van der Waals surface area contributed by atoms with E-state index in [1.807, 2.05) is 13.0 Å². The van der Waals surface area contributed by atoms with Crippen LogP contribution in [0.1, 0.15) is 44.9 Å². The summed E-state index contributed by atoms with van der Waals surface area (Å²) in [5.41, 5.74) is 3.28. The van der Waals surface area contributed by atoms with Crippen LogP contribution >= 0.6 is 23.1 Å². The summed E-state index contributed by atoms with van der Waals surface area (Å²) in [6.07, 6.45) is 10.5. The standard InChI is InChI=1S/C19H22ClFN4S/c1-13(22-10-9-14-5-3-2-4-6-14)11-18-24-19(26-25-18)23-15-7-8-17(21)16(20)12-15/h5,7-8,11-12,22H,2-4,6,9-10H2,1H3,(H,23,24,25). The van der Waals surface area contributed by atoms with Crippen LogP contribution in [0.2, 0.25) is 5.02 Å². The van der Waals surface area contributed by atoms with Crippen molar-refractivity contribution >= 4 is 40.0 Å². The highest BCUT2D eigenvalue weighted by Gasteiger charge is 2.06. The predicted molar refractivity (Wildman–Crippen MR) is 107 cm³/mol. The van der Waals surface area contributed by atoms with E-state index in [0.717, 1.165) is 18.7 Å². The summed E-state index contributed by atoms with van der Waals surface area (Å²) < 4.78 is 17.5. The summed E-state index contributed by atoms with van der Waals surface area (Å²) in [5, 5.41) is 7.22. The van der Waals surface area contributed by atoms with E-state index in [2.05, 4.69) is 26.1 Å². The first-order valence-electron chi connectivity index (χ1n) is 8.76. The Morgan fingerprint density at radius 2 is 2.27 bits per heavy atom. The Hall–Kier alpha value is -1.92. The number of aromatic nitrogens is 2. The fourth-order valence-electron chi connectivity index (χ4n) is 2.84. The van der Waals surface area contributed by atoms with Crippen LogP contribution in [0.4, 0.5) is 15.2 Å². The molecule has 0 saturated carbocycles. The van der Waals surface area contributed by atoms with E-state index in [0.29, 0.717) is 16.6 Å². The molecule has 0 atom stereocenters. The Balaban J connectivity index is 1.52. The topological polar surface area (TPSA) is 49.8 Å². The van der Waals surface area contributed by atoms with Gasteiger partial charge in [-0.25, -0.2) is 4.39 Å². The number of nitrogens with one attached hydrogen (secondary N) is 2. The normalized spacial score (nSPS) is 14.9. The lowest BCUT2D eigenvalue weighted by Gasteiger charge is -2.13. The highest BCUT2D eigenvalue weighted by Crippen LogP contribution is 2.24. The zero-order chi connectivity index (χ0) is 18.4. The lowest BCUT2D eigenvalue weighted by Crippen LogP contribution is -2.13. The molecule has 1 aliphatic rings. The van der Waals surface area contributed by atoms with Crippen LogP contribution in [0.25, 0.3) is 6.08 Å². The Morgan fingerprint density at radius 1 is 1.38 bits per heavy atom. The molecule has 0 amide bonds. The van der Waals surface area contributed by atoms with Gasteiger partial charge in [0.25, 0.3) is 0 Å². The Bertz CT molecular complexity index is 816. The lowest BCUT2D eigenvalue weighted by molar-refractivity contribution is 0.628. The predicted octanol–water partition coefficient (Wildman–Crippen LogP) is 5.92. The van der Waals surface area contributed by atoms with Gasteiger partial charge in [-0.15, -0.1) is 0 Å². The van der Waals surface area contributed by atoms with Crippen LogP contribution in [0, 0.1) is 5.82 Å². The van der Waals surface area contributed by atoms with Crippen LogP contribution in [0.3, 0.4) is 0 Å². The van der Waals surface area contributed by atoms with Crippen molar-refractivity contribution in [2.75, 3.05) is 11.9 Å². The Labute approximate surface area is 162 Å². The molecule has 0 saturated heterocycles. The average Bonchev–Trinajstić information content (AvgIpc) is 3.06. The molecular weight excluding hydrogens is 371 g/mol. The summed E-state index contributed by atoms with van der Waals surface area (Å²) in [6, 6.07) is 4.47. The summed E-state index contributed by atoms with van der Waals surface area (Å²) in [6.45, 7) is 2.95. The molecule has 3 rings (SSSR count). The minimum Gasteiger partial charge on any atom is -0.388 e. The van der Waals surface area contributed by atoms with Crippen molar-refractivity contribution in [1.82, 2.24) is 14.7 Å². The first-order valence-corrected chi connectivity index (χ1v) is 9.91. The van der Waals surface area contributed by atoms with Crippen molar-refractivity contribution in [1.29, 1.82) is 0 Å². The minimum atomic E-state index is -0.441. The number of nitrogens with zero attached hydrogens (tertiary/aromatic N) is 2. The molecule has 1 heterocycles. The summed E-state index contributed by atoms with van der Waals surface area (Å²) in [5.74, 6) is 0.205. The molecule has 1 aromatic carbocycles. The van der Waals surface area contributed by atoms with Gasteiger partial charge in [-0.1, -0.05) is 23.3 Å². The molecule has 26 heavy (non-hydrogen) atoms. The molecule has 2 N–H and O–H groups in total.